The normalized spacial score (nSPS) is 10.7. The van der Waals surface area contributed by atoms with Gasteiger partial charge in [-0.05, 0) is 43.1 Å². The Morgan fingerprint density at radius 3 is 2.50 bits per heavy atom. The molecule has 2 N–H and O–H groups in total. The molecule has 18 heavy (non-hydrogen) atoms. The van der Waals surface area contributed by atoms with Crippen LogP contribution in [0.3, 0.4) is 0 Å². The van der Waals surface area contributed by atoms with Crippen molar-refractivity contribution in [3.05, 3.63) is 30.1 Å². The van der Waals surface area contributed by atoms with E-state index in [1.165, 1.54) is 12.1 Å². The molecule has 100 valence electrons. The van der Waals surface area contributed by atoms with Crippen molar-refractivity contribution < 1.29 is 9.18 Å². The van der Waals surface area contributed by atoms with Gasteiger partial charge in [0.2, 0.25) is 5.91 Å². The van der Waals surface area contributed by atoms with Gasteiger partial charge in [-0.3, -0.25) is 4.79 Å². The van der Waals surface area contributed by atoms with Crippen LogP contribution < -0.4 is 10.6 Å². The second kappa shape index (κ2) is 7.82. The van der Waals surface area contributed by atoms with Gasteiger partial charge in [0, 0.05) is 18.7 Å². The van der Waals surface area contributed by atoms with Crippen molar-refractivity contribution in [2.75, 3.05) is 18.4 Å². The van der Waals surface area contributed by atoms with E-state index in [0.717, 1.165) is 13.0 Å². The fourth-order valence-corrected chi connectivity index (χ4v) is 1.47. The van der Waals surface area contributed by atoms with Gasteiger partial charge >= 0.3 is 0 Å². The number of nitrogens with one attached hydrogen (secondary N) is 2. The first-order valence-electron chi connectivity index (χ1n) is 6.34. The lowest BCUT2D eigenvalue weighted by Gasteiger charge is -2.07. The summed E-state index contributed by atoms with van der Waals surface area (Å²) in [6.07, 6.45) is 1.54. The molecule has 4 heteroatoms. The standard InChI is InChI=1S/C14H21FN2O/c1-11(2)7-9-16-10-8-14(18)17-13-5-3-12(15)4-6-13/h3-6,11,16H,7-10H2,1-2H3,(H,17,18). The molecule has 0 spiro atoms. The van der Waals surface area contributed by atoms with Crippen molar-refractivity contribution in [2.24, 2.45) is 5.92 Å². The Labute approximate surface area is 108 Å². The van der Waals surface area contributed by atoms with Crippen LogP contribution in [0.4, 0.5) is 10.1 Å². The fraction of sp³-hybridized carbons (Fsp3) is 0.500. The van der Waals surface area contributed by atoms with Crippen molar-refractivity contribution in [2.45, 2.75) is 26.7 Å². The first-order valence-corrected chi connectivity index (χ1v) is 6.34. The third-order valence-corrected chi connectivity index (χ3v) is 2.56. The molecule has 0 atom stereocenters. The maximum Gasteiger partial charge on any atom is 0.225 e. The van der Waals surface area contributed by atoms with Crippen LogP contribution in [0.1, 0.15) is 26.7 Å². The van der Waals surface area contributed by atoms with E-state index in [1.807, 2.05) is 0 Å². The highest BCUT2D eigenvalue weighted by Crippen LogP contribution is 2.08. The maximum absolute atomic E-state index is 12.7. The molecule has 0 unspecified atom stereocenters. The van der Waals surface area contributed by atoms with Crippen LogP contribution in [0.25, 0.3) is 0 Å². The Morgan fingerprint density at radius 1 is 1.22 bits per heavy atom. The third-order valence-electron chi connectivity index (χ3n) is 2.56. The molecular formula is C14H21FN2O. The zero-order valence-electron chi connectivity index (χ0n) is 11.0. The molecule has 1 rings (SSSR count). The lowest BCUT2D eigenvalue weighted by molar-refractivity contribution is -0.116. The minimum absolute atomic E-state index is 0.0568. The summed E-state index contributed by atoms with van der Waals surface area (Å²) in [5.74, 6) is 0.313. The maximum atomic E-state index is 12.7. The molecule has 0 saturated carbocycles. The van der Waals surface area contributed by atoms with Crippen molar-refractivity contribution in [3.8, 4) is 0 Å². The van der Waals surface area contributed by atoms with Gasteiger partial charge in [0.25, 0.3) is 0 Å². The Hall–Kier alpha value is -1.42. The predicted molar refractivity (Wildman–Crippen MR) is 72.0 cm³/mol. The van der Waals surface area contributed by atoms with E-state index in [4.69, 9.17) is 0 Å². The summed E-state index contributed by atoms with van der Waals surface area (Å²) in [5.41, 5.74) is 0.628. The number of amides is 1. The third kappa shape index (κ3) is 6.35. The minimum atomic E-state index is -0.302. The molecule has 0 aliphatic rings. The SMILES string of the molecule is CC(C)CCNCCC(=O)Nc1ccc(F)cc1. The number of halogens is 1. The van der Waals surface area contributed by atoms with Crippen molar-refractivity contribution in [1.82, 2.24) is 5.32 Å². The molecule has 3 nitrogen and oxygen atoms in total. The van der Waals surface area contributed by atoms with Gasteiger partial charge in [-0.1, -0.05) is 13.8 Å². The number of carbonyl (C=O) groups excluding carboxylic acids is 1. The highest BCUT2D eigenvalue weighted by atomic mass is 19.1. The van der Waals surface area contributed by atoms with E-state index >= 15 is 0 Å². The van der Waals surface area contributed by atoms with E-state index in [1.54, 1.807) is 12.1 Å². The van der Waals surface area contributed by atoms with E-state index in [-0.39, 0.29) is 11.7 Å². The van der Waals surface area contributed by atoms with Gasteiger partial charge in [0.15, 0.2) is 0 Å². The summed E-state index contributed by atoms with van der Waals surface area (Å²) >= 11 is 0. The average Bonchev–Trinajstić information content (AvgIpc) is 2.31. The summed E-state index contributed by atoms with van der Waals surface area (Å²) in [6, 6.07) is 5.77. The van der Waals surface area contributed by atoms with Crippen LogP contribution in [0, 0.1) is 11.7 Å². The lowest BCUT2D eigenvalue weighted by atomic mass is 10.1. The van der Waals surface area contributed by atoms with Gasteiger partial charge < -0.3 is 10.6 Å². The van der Waals surface area contributed by atoms with Gasteiger partial charge in [-0.15, -0.1) is 0 Å². The van der Waals surface area contributed by atoms with E-state index in [9.17, 15) is 9.18 Å². The second-order valence-corrected chi connectivity index (χ2v) is 4.74. The quantitative estimate of drug-likeness (QED) is 0.733. The second-order valence-electron chi connectivity index (χ2n) is 4.74. The van der Waals surface area contributed by atoms with Crippen molar-refractivity contribution >= 4 is 11.6 Å². The van der Waals surface area contributed by atoms with E-state index < -0.39 is 0 Å². The number of anilines is 1. The number of benzene rings is 1. The summed E-state index contributed by atoms with van der Waals surface area (Å²) in [5, 5.41) is 5.94. The molecule has 1 aromatic carbocycles. The van der Waals surface area contributed by atoms with Crippen LogP contribution in [0.2, 0.25) is 0 Å². The van der Waals surface area contributed by atoms with Gasteiger partial charge in [-0.25, -0.2) is 4.39 Å². The highest BCUT2D eigenvalue weighted by molar-refractivity contribution is 5.90. The van der Waals surface area contributed by atoms with Gasteiger partial charge in [0.05, 0.1) is 0 Å². The van der Waals surface area contributed by atoms with Gasteiger partial charge in [-0.2, -0.15) is 0 Å². The molecule has 0 radical (unpaired) electrons. The van der Waals surface area contributed by atoms with Crippen LogP contribution in [0.15, 0.2) is 24.3 Å². The highest BCUT2D eigenvalue weighted by Gasteiger charge is 2.02. The first-order chi connectivity index (χ1) is 8.58. The van der Waals surface area contributed by atoms with Crippen molar-refractivity contribution in [1.29, 1.82) is 0 Å². The zero-order chi connectivity index (χ0) is 13.4. The van der Waals surface area contributed by atoms with Gasteiger partial charge in [0.1, 0.15) is 5.82 Å². The van der Waals surface area contributed by atoms with Crippen LogP contribution in [0.5, 0.6) is 0 Å². The smallest absolute Gasteiger partial charge is 0.225 e. The molecule has 0 fully saturated rings. The Balaban J connectivity index is 2.16. The molecule has 1 amide bonds. The lowest BCUT2D eigenvalue weighted by Crippen LogP contribution is -2.23. The molecule has 0 heterocycles. The number of carbonyl (C=O) groups is 1. The molecule has 0 aliphatic heterocycles. The summed E-state index contributed by atoms with van der Waals surface area (Å²) in [7, 11) is 0. The average molecular weight is 252 g/mol. The van der Waals surface area contributed by atoms with Crippen LogP contribution >= 0.6 is 0 Å². The Morgan fingerprint density at radius 2 is 1.89 bits per heavy atom. The van der Waals surface area contributed by atoms with E-state index in [2.05, 4.69) is 24.5 Å². The molecule has 0 bridgehead atoms. The Bertz CT molecular complexity index is 363. The summed E-state index contributed by atoms with van der Waals surface area (Å²) in [6.45, 7) is 5.94. The predicted octanol–water partition coefficient (Wildman–Crippen LogP) is 2.79. The topological polar surface area (TPSA) is 41.1 Å². The summed E-state index contributed by atoms with van der Waals surface area (Å²) in [4.78, 5) is 11.5. The number of hydrogen-bond acceptors (Lipinski definition) is 2. The van der Waals surface area contributed by atoms with Crippen LogP contribution in [-0.4, -0.2) is 19.0 Å². The zero-order valence-corrected chi connectivity index (χ0v) is 11.0. The molecule has 0 aliphatic carbocycles. The number of rotatable bonds is 7. The summed E-state index contributed by atoms with van der Waals surface area (Å²) < 4.78 is 12.7. The minimum Gasteiger partial charge on any atom is -0.326 e. The Kier molecular flexibility index (Phi) is 6.36. The molecular weight excluding hydrogens is 231 g/mol. The molecule has 0 saturated heterocycles. The van der Waals surface area contributed by atoms with Crippen molar-refractivity contribution in [3.63, 3.8) is 0 Å². The fourth-order valence-electron chi connectivity index (χ4n) is 1.47. The molecule has 0 aromatic heterocycles. The molecule has 1 aromatic rings. The first kappa shape index (κ1) is 14.6. The van der Waals surface area contributed by atoms with Crippen LogP contribution in [-0.2, 0) is 4.79 Å². The monoisotopic (exact) mass is 252 g/mol. The van der Waals surface area contributed by atoms with E-state index in [0.29, 0.717) is 24.6 Å². The number of hydrogen-bond donors (Lipinski definition) is 2. The largest absolute Gasteiger partial charge is 0.326 e.